The molecule has 1 aromatic carbocycles. The number of hydrogen-bond acceptors (Lipinski definition) is 5. The number of fused-ring (bicyclic) bond motifs is 2. The van der Waals surface area contributed by atoms with Crippen molar-refractivity contribution in [3.8, 4) is 5.75 Å². The Morgan fingerprint density at radius 3 is 2.81 bits per heavy atom. The van der Waals surface area contributed by atoms with E-state index in [0.717, 1.165) is 24.8 Å². The zero-order valence-corrected chi connectivity index (χ0v) is 12.7. The highest BCUT2D eigenvalue weighted by atomic mass is 32.2. The average molecular weight is 312 g/mol. The van der Waals surface area contributed by atoms with E-state index < -0.39 is 10.0 Å². The van der Waals surface area contributed by atoms with Crippen LogP contribution in [0.2, 0.25) is 0 Å². The zero-order chi connectivity index (χ0) is 15.0. The van der Waals surface area contributed by atoms with Crippen molar-refractivity contribution >= 4 is 10.0 Å². The summed E-state index contributed by atoms with van der Waals surface area (Å²) >= 11 is 0. The molecule has 0 spiro atoms. The van der Waals surface area contributed by atoms with Gasteiger partial charge in [0.15, 0.2) is 0 Å². The molecule has 0 amide bonds. The summed E-state index contributed by atoms with van der Waals surface area (Å²) in [7, 11) is -2.20. The van der Waals surface area contributed by atoms with Gasteiger partial charge in [0.25, 0.3) is 0 Å². The smallest absolute Gasteiger partial charge is 0.244 e. The third kappa shape index (κ3) is 2.78. The van der Waals surface area contributed by atoms with Crippen LogP contribution in [0.15, 0.2) is 23.1 Å². The van der Waals surface area contributed by atoms with Crippen molar-refractivity contribution in [3.63, 3.8) is 0 Å². The molecule has 2 bridgehead atoms. The quantitative estimate of drug-likeness (QED) is 0.837. The van der Waals surface area contributed by atoms with Gasteiger partial charge in [-0.2, -0.15) is 0 Å². The van der Waals surface area contributed by atoms with E-state index in [1.165, 1.54) is 7.11 Å². The van der Waals surface area contributed by atoms with E-state index in [1.807, 2.05) is 0 Å². The monoisotopic (exact) mass is 312 g/mol. The van der Waals surface area contributed by atoms with Crippen LogP contribution in [0.25, 0.3) is 0 Å². The van der Waals surface area contributed by atoms with Crippen molar-refractivity contribution in [2.45, 2.75) is 49.0 Å². The number of methoxy groups -OCH3 is 1. The van der Waals surface area contributed by atoms with Crippen LogP contribution in [0.5, 0.6) is 5.75 Å². The lowest BCUT2D eigenvalue weighted by Gasteiger charge is -2.21. The summed E-state index contributed by atoms with van der Waals surface area (Å²) < 4.78 is 38.9. The number of rotatable bonds is 5. The Kier molecular flexibility index (Phi) is 3.92. The Morgan fingerprint density at radius 1 is 1.43 bits per heavy atom. The number of ether oxygens (including phenoxy) is 2. The molecule has 116 valence electrons. The van der Waals surface area contributed by atoms with Gasteiger partial charge in [0.2, 0.25) is 10.0 Å². The number of nitrogens with two attached hydrogens (primary N) is 1. The Labute approximate surface area is 124 Å². The summed E-state index contributed by atoms with van der Waals surface area (Å²) in [5.74, 6) is 0.323. The van der Waals surface area contributed by atoms with Gasteiger partial charge in [-0.05, 0) is 37.0 Å². The van der Waals surface area contributed by atoms with E-state index in [9.17, 15) is 8.42 Å². The van der Waals surface area contributed by atoms with Crippen LogP contribution in [0.4, 0.5) is 0 Å². The fourth-order valence-corrected chi connectivity index (χ4v) is 4.58. The van der Waals surface area contributed by atoms with Gasteiger partial charge >= 0.3 is 0 Å². The first-order valence-electron chi connectivity index (χ1n) is 7.08. The summed E-state index contributed by atoms with van der Waals surface area (Å²) in [6, 6.07) is 4.81. The largest absolute Gasteiger partial charge is 0.495 e. The Bertz CT molecular complexity index is 632. The van der Waals surface area contributed by atoms with Gasteiger partial charge in [0.1, 0.15) is 10.6 Å². The standard InChI is InChI=1S/C14H20N2O4S/c1-19-13-4-2-9(8-15)6-14(13)21(17,18)16-11-7-10-3-5-12(11)20-10/h2,4,6,10-12,16H,3,5,7-8,15H2,1H3. The first-order valence-corrected chi connectivity index (χ1v) is 8.56. The van der Waals surface area contributed by atoms with Crippen LogP contribution in [-0.4, -0.2) is 33.8 Å². The highest BCUT2D eigenvalue weighted by molar-refractivity contribution is 7.89. The number of benzene rings is 1. The van der Waals surface area contributed by atoms with E-state index in [-0.39, 0.29) is 29.7 Å². The third-order valence-electron chi connectivity index (χ3n) is 4.17. The number of sulfonamides is 1. The molecular formula is C14H20N2O4S. The maximum Gasteiger partial charge on any atom is 0.244 e. The zero-order valence-electron chi connectivity index (χ0n) is 11.9. The molecule has 6 nitrogen and oxygen atoms in total. The molecule has 2 aliphatic heterocycles. The molecule has 3 rings (SSSR count). The minimum absolute atomic E-state index is 0.00605. The highest BCUT2D eigenvalue weighted by Crippen LogP contribution is 2.35. The highest BCUT2D eigenvalue weighted by Gasteiger charge is 2.42. The topological polar surface area (TPSA) is 90.7 Å². The summed E-state index contributed by atoms with van der Waals surface area (Å²) in [6.07, 6.45) is 2.86. The fraction of sp³-hybridized carbons (Fsp3) is 0.571. The summed E-state index contributed by atoms with van der Waals surface area (Å²) in [6.45, 7) is 0.282. The van der Waals surface area contributed by atoms with Crippen molar-refractivity contribution in [1.29, 1.82) is 0 Å². The molecule has 0 saturated carbocycles. The molecule has 0 aliphatic carbocycles. The molecule has 0 radical (unpaired) electrons. The van der Waals surface area contributed by atoms with Gasteiger partial charge in [0, 0.05) is 6.54 Å². The molecule has 7 heteroatoms. The van der Waals surface area contributed by atoms with Crippen LogP contribution < -0.4 is 15.2 Å². The van der Waals surface area contributed by atoms with E-state index in [2.05, 4.69) is 4.72 Å². The van der Waals surface area contributed by atoms with Crippen LogP contribution in [0.1, 0.15) is 24.8 Å². The second kappa shape index (κ2) is 5.57. The maximum absolute atomic E-state index is 12.6. The molecule has 21 heavy (non-hydrogen) atoms. The predicted molar refractivity (Wildman–Crippen MR) is 77.5 cm³/mol. The Morgan fingerprint density at radius 2 is 2.24 bits per heavy atom. The number of hydrogen-bond donors (Lipinski definition) is 2. The van der Waals surface area contributed by atoms with Gasteiger partial charge in [0.05, 0.1) is 25.4 Å². The first kappa shape index (κ1) is 14.8. The second-order valence-corrected chi connectivity index (χ2v) is 7.21. The van der Waals surface area contributed by atoms with Crippen LogP contribution in [0.3, 0.4) is 0 Å². The first-order chi connectivity index (χ1) is 10.0. The third-order valence-corrected chi connectivity index (χ3v) is 5.68. The molecule has 2 fully saturated rings. The molecular weight excluding hydrogens is 292 g/mol. The lowest BCUT2D eigenvalue weighted by Crippen LogP contribution is -2.41. The maximum atomic E-state index is 12.6. The van der Waals surface area contributed by atoms with Crippen molar-refractivity contribution in [1.82, 2.24) is 4.72 Å². The van der Waals surface area contributed by atoms with Crippen LogP contribution >= 0.6 is 0 Å². The predicted octanol–water partition coefficient (Wildman–Crippen LogP) is 0.752. The Hall–Kier alpha value is -1.15. The molecule has 2 heterocycles. The average Bonchev–Trinajstić information content (AvgIpc) is 3.08. The van der Waals surface area contributed by atoms with Gasteiger partial charge in [-0.3, -0.25) is 0 Å². The van der Waals surface area contributed by atoms with Gasteiger partial charge < -0.3 is 15.2 Å². The summed E-state index contributed by atoms with van der Waals surface area (Å²) in [5, 5.41) is 0. The van der Waals surface area contributed by atoms with E-state index >= 15 is 0 Å². The SMILES string of the molecule is COc1ccc(CN)cc1S(=O)(=O)NC1CC2CCC1O2. The van der Waals surface area contributed by atoms with Gasteiger partial charge in [-0.25, -0.2) is 13.1 Å². The van der Waals surface area contributed by atoms with Crippen molar-refractivity contribution in [3.05, 3.63) is 23.8 Å². The molecule has 2 aliphatic rings. The number of nitrogens with one attached hydrogen (secondary N) is 1. The van der Waals surface area contributed by atoms with Crippen LogP contribution in [-0.2, 0) is 21.3 Å². The molecule has 1 aromatic rings. The minimum Gasteiger partial charge on any atom is -0.495 e. The lowest BCUT2D eigenvalue weighted by molar-refractivity contribution is 0.0996. The van der Waals surface area contributed by atoms with E-state index in [1.54, 1.807) is 18.2 Å². The molecule has 3 unspecified atom stereocenters. The van der Waals surface area contributed by atoms with Gasteiger partial charge in [-0.1, -0.05) is 6.07 Å². The lowest BCUT2D eigenvalue weighted by atomic mass is 9.96. The summed E-state index contributed by atoms with van der Waals surface area (Å²) in [5.41, 5.74) is 6.34. The van der Waals surface area contributed by atoms with E-state index in [4.69, 9.17) is 15.2 Å². The van der Waals surface area contributed by atoms with Crippen LogP contribution in [0, 0.1) is 0 Å². The van der Waals surface area contributed by atoms with Crippen molar-refractivity contribution in [2.24, 2.45) is 5.73 Å². The molecule has 3 atom stereocenters. The minimum atomic E-state index is -3.65. The molecule has 3 N–H and O–H groups in total. The van der Waals surface area contributed by atoms with Crippen molar-refractivity contribution in [2.75, 3.05) is 7.11 Å². The fourth-order valence-electron chi connectivity index (χ4n) is 3.08. The van der Waals surface area contributed by atoms with Gasteiger partial charge in [-0.15, -0.1) is 0 Å². The molecule has 2 saturated heterocycles. The van der Waals surface area contributed by atoms with Crippen molar-refractivity contribution < 1.29 is 17.9 Å². The second-order valence-electron chi connectivity index (χ2n) is 5.53. The van der Waals surface area contributed by atoms with E-state index in [0.29, 0.717) is 5.75 Å². The summed E-state index contributed by atoms with van der Waals surface area (Å²) in [4.78, 5) is 0.135. The molecule has 0 aromatic heterocycles. The Balaban J connectivity index is 1.87. The normalized spacial score (nSPS) is 28.0.